The minimum absolute atomic E-state index is 0.0773. The van der Waals surface area contributed by atoms with Gasteiger partial charge in [0.05, 0.1) is 30.5 Å². The maximum Gasteiger partial charge on any atom is 0.296 e. The molecule has 0 bridgehead atoms. The van der Waals surface area contributed by atoms with E-state index in [0.29, 0.717) is 29.7 Å². The molecule has 2 heterocycles. The van der Waals surface area contributed by atoms with Crippen molar-refractivity contribution in [3.63, 3.8) is 0 Å². The first kappa shape index (κ1) is 26.1. The van der Waals surface area contributed by atoms with Gasteiger partial charge in [-0.3, -0.25) is 14.6 Å². The average molecular weight is 499 g/mol. The van der Waals surface area contributed by atoms with Gasteiger partial charge >= 0.3 is 0 Å². The summed E-state index contributed by atoms with van der Waals surface area (Å²) >= 11 is 0. The van der Waals surface area contributed by atoms with Crippen molar-refractivity contribution < 1.29 is 19.4 Å². The van der Waals surface area contributed by atoms with Crippen LogP contribution in [0.1, 0.15) is 67.6 Å². The Balaban J connectivity index is 1.79. The van der Waals surface area contributed by atoms with E-state index in [4.69, 9.17) is 4.74 Å². The molecular formula is C31H34N2O4. The van der Waals surface area contributed by atoms with E-state index in [2.05, 4.69) is 32.7 Å². The fraction of sp³-hybridized carbons (Fsp3) is 0.323. The molecule has 37 heavy (non-hydrogen) atoms. The average Bonchev–Trinajstić information content (AvgIpc) is 3.13. The number of ketones is 1. The van der Waals surface area contributed by atoms with Crippen molar-refractivity contribution in [2.45, 2.75) is 53.1 Å². The minimum atomic E-state index is -0.736. The lowest BCUT2D eigenvalue weighted by molar-refractivity contribution is -0.140. The number of carbonyl (C=O) groups excluding carboxylic acids is 2. The maximum absolute atomic E-state index is 13.4. The number of benzene rings is 2. The largest absolute Gasteiger partial charge is 0.507 e. The molecule has 1 unspecified atom stereocenters. The Bertz CT molecular complexity index is 1310. The summed E-state index contributed by atoms with van der Waals surface area (Å²) in [5, 5.41) is 11.4. The zero-order valence-corrected chi connectivity index (χ0v) is 22.1. The number of hydrogen-bond donors (Lipinski definition) is 1. The molecule has 1 fully saturated rings. The van der Waals surface area contributed by atoms with Crippen LogP contribution in [0, 0.1) is 12.8 Å². The monoisotopic (exact) mass is 498 g/mol. The highest BCUT2D eigenvalue weighted by atomic mass is 16.5. The molecule has 6 nitrogen and oxygen atoms in total. The number of nitrogens with zero attached hydrogens (tertiary/aromatic N) is 2. The summed E-state index contributed by atoms with van der Waals surface area (Å²) in [6.07, 6.45) is 1.66. The van der Waals surface area contributed by atoms with Gasteiger partial charge in [-0.05, 0) is 65.8 Å². The Morgan fingerprint density at radius 3 is 2.35 bits per heavy atom. The van der Waals surface area contributed by atoms with Crippen molar-refractivity contribution in [1.29, 1.82) is 0 Å². The van der Waals surface area contributed by atoms with Crippen molar-refractivity contribution in [3.05, 3.63) is 100 Å². The second kappa shape index (κ2) is 11.0. The van der Waals surface area contributed by atoms with Crippen molar-refractivity contribution in [2.75, 3.05) is 6.61 Å². The van der Waals surface area contributed by atoms with E-state index < -0.39 is 17.7 Å². The third kappa shape index (κ3) is 5.58. The van der Waals surface area contributed by atoms with Crippen molar-refractivity contribution in [2.24, 2.45) is 5.92 Å². The molecular weight excluding hydrogens is 464 g/mol. The van der Waals surface area contributed by atoms with Gasteiger partial charge in [-0.25, -0.2) is 0 Å². The van der Waals surface area contributed by atoms with E-state index in [1.807, 2.05) is 43.3 Å². The summed E-state index contributed by atoms with van der Waals surface area (Å²) in [7, 11) is 0. The van der Waals surface area contributed by atoms with Crippen LogP contribution < -0.4 is 4.74 Å². The van der Waals surface area contributed by atoms with E-state index >= 15 is 0 Å². The zero-order valence-electron chi connectivity index (χ0n) is 22.1. The number of likely N-dealkylation sites (tertiary alicyclic amines) is 1. The predicted octanol–water partition coefficient (Wildman–Crippen LogP) is 6.17. The molecule has 1 atom stereocenters. The van der Waals surface area contributed by atoms with Crippen LogP contribution in [-0.4, -0.2) is 33.3 Å². The summed E-state index contributed by atoms with van der Waals surface area (Å²) in [4.78, 5) is 32.5. The molecule has 0 saturated carbocycles. The van der Waals surface area contributed by atoms with Gasteiger partial charge in [0, 0.05) is 11.8 Å². The Morgan fingerprint density at radius 2 is 1.76 bits per heavy atom. The quantitative estimate of drug-likeness (QED) is 0.228. The number of rotatable bonds is 8. The molecule has 0 spiro atoms. The van der Waals surface area contributed by atoms with Gasteiger partial charge in [0.25, 0.3) is 11.7 Å². The number of aryl methyl sites for hydroxylation is 1. The molecule has 1 aliphatic heterocycles. The number of ether oxygens (including phenoxy) is 1. The van der Waals surface area contributed by atoms with Crippen LogP contribution >= 0.6 is 0 Å². The molecule has 3 aromatic rings. The highest BCUT2D eigenvalue weighted by Crippen LogP contribution is 2.41. The molecule has 0 radical (unpaired) electrons. The Morgan fingerprint density at radius 1 is 1.03 bits per heavy atom. The summed E-state index contributed by atoms with van der Waals surface area (Å²) in [5.74, 6) is -0.110. The standard InChI is InChI=1S/C31H34N2O4/c1-19(2)18-37-26-14-13-24(16-21(26)5)29(34)27-28(23-11-9-22(10-12-23)20(3)4)33(31(36)30(27)35)17-25-8-6-7-15-32-25/h6-16,19-20,28,34H,17-18H2,1-5H3/b29-27-. The van der Waals surface area contributed by atoms with Crippen LogP contribution in [0.25, 0.3) is 5.76 Å². The lowest BCUT2D eigenvalue weighted by atomic mass is 9.93. The lowest BCUT2D eigenvalue weighted by Gasteiger charge is -2.25. The maximum atomic E-state index is 13.4. The van der Waals surface area contributed by atoms with E-state index in [1.54, 1.807) is 30.5 Å². The number of hydrogen-bond acceptors (Lipinski definition) is 5. The topological polar surface area (TPSA) is 79.7 Å². The number of amides is 1. The molecule has 1 aliphatic rings. The summed E-state index contributed by atoms with van der Waals surface area (Å²) in [5.41, 5.74) is 3.95. The third-order valence-electron chi connectivity index (χ3n) is 6.54. The number of aliphatic hydroxyl groups excluding tert-OH is 1. The molecule has 1 amide bonds. The number of Topliss-reactive ketones (excluding diaryl/α,β-unsaturated/α-hetero) is 1. The van der Waals surface area contributed by atoms with Crippen molar-refractivity contribution in [1.82, 2.24) is 9.88 Å². The second-order valence-electron chi connectivity index (χ2n) is 10.3. The molecule has 192 valence electrons. The van der Waals surface area contributed by atoms with Crippen molar-refractivity contribution >= 4 is 17.4 Å². The Kier molecular flexibility index (Phi) is 7.77. The SMILES string of the molecule is Cc1cc(/C(O)=C2/C(=O)C(=O)N(Cc3ccccn3)C2c2ccc(C(C)C)cc2)ccc1OCC(C)C. The molecule has 0 aliphatic carbocycles. The van der Waals surface area contributed by atoms with Gasteiger partial charge in [0.15, 0.2) is 0 Å². The fourth-order valence-electron chi connectivity index (χ4n) is 4.49. The van der Waals surface area contributed by atoms with E-state index in [1.165, 1.54) is 4.90 Å². The summed E-state index contributed by atoms with van der Waals surface area (Å²) in [6, 6.07) is 17.9. The van der Waals surface area contributed by atoms with E-state index in [0.717, 1.165) is 22.4 Å². The highest BCUT2D eigenvalue weighted by molar-refractivity contribution is 6.46. The predicted molar refractivity (Wildman–Crippen MR) is 144 cm³/mol. The Hall–Kier alpha value is -3.93. The van der Waals surface area contributed by atoms with Crippen LogP contribution in [0.3, 0.4) is 0 Å². The molecule has 4 rings (SSSR count). The first-order valence-electron chi connectivity index (χ1n) is 12.7. The van der Waals surface area contributed by atoms with Crippen LogP contribution in [0.4, 0.5) is 0 Å². The number of carbonyl (C=O) groups is 2. The van der Waals surface area contributed by atoms with E-state index in [9.17, 15) is 14.7 Å². The molecule has 1 aromatic heterocycles. The molecule has 1 N–H and O–H groups in total. The number of pyridine rings is 1. The van der Waals surface area contributed by atoms with Gasteiger partial charge < -0.3 is 14.7 Å². The number of aliphatic hydroxyl groups is 1. The normalized spacial score (nSPS) is 17.2. The Labute approximate surface area is 218 Å². The van der Waals surface area contributed by atoms with Gasteiger partial charge in [0.2, 0.25) is 0 Å². The van der Waals surface area contributed by atoms with Crippen LogP contribution in [0.5, 0.6) is 5.75 Å². The van der Waals surface area contributed by atoms with Gasteiger partial charge in [-0.15, -0.1) is 0 Å². The van der Waals surface area contributed by atoms with Gasteiger partial charge in [-0.1, -0.05) is 58.0 Å². The highest BCUT2D eigenvalue weighted by Gasteiger charge is 2.46. The van der Waals surface area contributed by atoms with Crippen LogP contribution in [0.15, 0.2) is 72.4 Å². The summed E-state index contributed by atoms with van der Waals surface area (Å²) in [6.45, 7) is 11.0. The molecule has 1 saturated heterocycles. The smallest absolute Gasteiger partial charge is 0.296 e. The summed E-state index contributed by atoms with van der Waals surface area (Å²) < 4.78 is 5.87. The zero-order chi connectivity index (χ0) is 26.7. The van der Waals surface area contributed by atoms with Crippen LogP contribution in [-0.2, 0) is 16.1 Å². The molecule has 2 aromatic carbocycles. The van der Waals surface area contributed by atoms with Crippen LogP contribution in [0.2, 0.25) is 0 Å². The minimum Gasteiger partial charge on any atom is -0.507 e. The molecule has 6 heteroatoms. The van der Waals surface area contributed by atoms with E-state index in [-0.39, 0.29) is 17.9 Å². The second-order valence-corrected chi connectivity index (χ2v) is 10.3. The first-order chi connectivity index (χ1) is 17.7. The van der Waals surface area contributed by atoms with Gasteiger partial charge in [-0.2, -0.15) is 0 Å². The third-order valence-corrected chi connectivity index (χ3v) is 6.54. The fourth-order valence-corrected chi connectivity index (χ4v) is 4.49. The van der Waals surface area contributed by atoms with Crippen molar-refractivity contribution in [3.8, 4) is 5.75 Å². The number of aromatic nitrogens is 1. The van der Waals surface area contributed by atoms with Gasteiger partial charge in [0.1, 0.15) is 11.5 Å². The lowest BCUT2D eigenvalue weighted by Crippen LogP contribution is -2.29. The first-order valence-corrected chi connectivity index (χ1v) is 12.7.